The van der Waals surface area contributed by atoms with E-state index in [2.05, 4.69) is 43.5 Å². The molecule has 0 spiro atoms. The fourth-order valence-corrected chi connectivity index (χ4v) is 3.21. The molecular formula is C19H30N2O2. The fraction of sp³-hybridized carbons (Fsp3) is 0.632. The molecule has 1 fully saturated rings. The largest absolute Gasteiger partial charge is 0.385 e. The summed E-state index contributed by atoms with van der Waals surface area (Å²) in [7, 11) is 1.69. The molecular weight excluding hydrogens is 288 g/mol. The third kappa shape index (κ3) is 3.93. The Morgan fingerprint density at radius 3 is 2.65 bits per heavy atom. The van der Waals surface area contributed by atoms with Crippen LogP contribution in [0, 0.1) is 5.41 Å². The van der Waals surface area contributed by atoms with E-state index >= 15 is 0 Å². The molecule has 2 N–H and O–H groups in total. The lowest BCUT2D eigenvalue weighted by Gasteiger charge is -2.36. The van der Waals surface area contributed by atoms with E-state index in [1.165, 1.54) is 5.56 Å². The van der Waals surface area contributed by atoms with Gasteiger partial charge in [0, 0.05) is 31.7 Å². The maximum absolute atomic E-state index is 13.0. The van der Waals surface area contributed by atoms with Crippen LogP contribution in [0.2, 0.25) is 0 Å². The minimum atomic E-state index is -0.336. The first kappa shape index (κ1) is 18.0. The van der Waals surface area contributed by atoms with E-state index in [-0.39, 0.29) is 22.8 Å². The number of hydrogen-bond acceptors (Lipinski definition) is 3. The molecule has 1 saturated heterocycles. The average Bonchev–Trinajstić information content (AvgIpc) is 3.04. The first-order chi connectivity index (χ1) is 10.9. The Bertz CT molecular complexity index is 507. The van der Waals surface area contributed by atoms with Crippen LogP contribution >= 0.6 is 0 Å². The Morgan fingerprint density at radius 1 is 1.39 bits per heavy atom. The lowest BCUT2D eigenvalue weighted by Crippen LogP contribution is -2.52. The van der Waals surface area contributed by atoms with Crippen LogP contribution in [-0.2, 0) is 14.9 Å². The van der Waals surface area contributed by atoms with Gasteiger partial charge in [-0.1, -0.05) is 44.2 Å². The molecule has 1 aromatic carbocycles. The van der Waals surface area contributed by atoms with Crippen molar-refractivity contribution in [2.75, 3.05) is 26.8 Å². The summed E-state index contributed by atoms with van der Waals surface area (Å²) in [4.78, 5) is 13.0. The molecule has 0 radical (unpaired) electrons. The number of methoxy groups -OCH3 is 1. The van der Waals surface area contributed by atoms with Gasteiger partial charge in [0.25, 0.3) is 0 Å². The molecule has 2 atom stereocenters. The molecule has 1 aromatic rings. The van der Waals surface area contributed by atoms with Gasteiger partial charge in [-0.25, -0.2) is 0 Å². The summed E-state index contributed by atoms with van der Waals surface area (Å²) in [5, 5.41) is 6.61. The van der Waals surface area contributed by atoms with Crippen LogP contribution in [0.4, 0.5) is 0 Å². The van der Waals surface area contributed by atoms with Gasteiger partial charge in [0.15, 0.2) is 0 Å². The van der Waals surface area contributed by atoms with Crippen molar-refractivity contribution in [1.29, 1.82) is 0 Å². The van der Waals surface area contributed by atoms with Crippen LogP contribution in [0.25, 0.3) is 0 Å². The van der Waals surface area contributed by atoms with Crippen LogP contribution in [0.3, 0.4) is 0 Å². The van der Waals surface area contributed by atoms with Gasteiger partial charge >= 0.3 is 0 Å². The van der Waals surface area contributed by atoms with E-state index in [9.17, 15) is 4.79 Å². The molecule has 4 heteroatoms. The van der Waals surface area contributed by atoms with Gasteiger partial charge in [-0.3, -0.25) is 4.79 Å². The quantitative estimate of drug-likeness (QED) is 0.812. The lowest BCUT2D eigenvalue weighted by atomic mass is 9.77. The zero-order valence-corrected chi connectivity index (χ0v) is 14.8. The van der Waals surface area contributed by atoms with Crippen molar-refractivity contribution in [3.05, 3.63) is 35.9 Å². The number of hydrogen-bond donors (Lipinski definition) is 2. The normalized spacial score (nSPS) is 22.8. The summed E-state index contributed by atoms with van der Waals surface area (Å²) in [6.07, 6.45) is 1.64. The minimum Gasteiger partial charge on any atom is -0.385 e. The second kappa shape index (κ2) is 7.45. The van der Waals surface area contributed by atoms with Crippen molar-refractivity contribution in [2.45, 2.75) is 45.1 Å². The van der Waals surface area contributed by atoms with Crippen molar-refractivity contribution in [3.8, 4) is 0 Å². The summed E-state index contributed by atoms with van der Waals surface area (Å²) < 4.78 is 5.21. The third-order valence-corrected chi connectivity index (χ3v) is 5.46. The average molecular weight is 318 g/mol. The van der Waals surface area contributed by atoms with Crippen LogP contribution in [0.5, 0.6) is 0 Å². The summed E-state index contributed by atoms with van der Waals surface area (Å²) in [5.74, 6) is 0.149. The first-order valence-corrected chi connectivity index (χ1v) is 8.48. The number of ether oxygens (including phenoxy) is 1. The topological polar surface area (TPSA) is 50.4 Å². The molecule has 0 bridgehead atoms. The number of benzene rings is 1. The van der Waals surface area contributed by atoms with Gasteiger partial charge < -0.3 is 15.4 Å². The van der Waals surface area contributed by atoms with Gasteiger partial charge in [0.2, 0.25) is 5.91 Å². The minimum absolute atomic E-state index is 0.0532. The molecule has 1 heterocycles. The molecule has 4 nitrogen and oxygen atoms in total. The van der Waals surface area contributed by atoms with E-state index in [0.29, 0.717) is 6.61 Å². The highest BCUT2D eigenvalue weighted by Crippen LogP contribution is 2.32. The number of nitrogens with one attached hydrogen (secondary N) is 2. The molecule has 23 heavy (non-hydrogen) atoms. The summed E-state index contributed by atoms with van der Waals surface area (Å²) >= 11 is 0. The van der Waals surface area contributed by atoms with Crippen LogP contribution in [0.1, 0.15) is 39.2 Å². The van der Waals surface area contributed by atoms with Gasteiger partial charge in [-0.2, -0.15) is 0 Å². The third-order valence-electron chi connectivity index (χ3n) is 5.46. The zero-order valence-electron chi connectivity index (χ0n) is 14.8. The fourth-order valence-electron chi connectivity index (χ4n) is 3.21. The van der Waals surface area contributed by atoms with Crippen LogP contribution < -0.4 is 10.6 Å². The Morgan fingerprint density at radius 2 is 2.09 bits per heavy atom. The Hall–Kier alpha value is -1.39. The Balaban J connectivity index is 2.08. The monoisotopic (exact) mass is 318 g/mol. The molecule has 1 aliphatic rings. The molecule has 2 unspecified atom stereocenters. The summed E-state index contributed by atoms with van der Waals surface area (Å²) in [6, 6.07) is 10.4. The highest BCUT2D eigenvalue weighted by atomic mass is 16.5. The standard InChI is InChI=1S/C19H30N2O2/c1-15(18(2,3)16-8-6-5-7-9-16)21-17(22)19(11-13-23-4)10-12-20-14-19/h5-9,15,20H,10-14H2,1-4H3,(H,21,22). The lowest BCUT2D eigenvalue weighted by molar-refractivity contribution is -0.132. The zero-order chi connectivity index (χ0) is 16.9. The van der Waals surface area contributed by atoms with Crippen LogP contribution in [-0.4, -0.2) is 38.8 Å². The highest BCUT2D eigenvalue weighted by molar-refractivity contribution is 5.83. The molecule has 1 amide bonds. The Labute approximate surface area is 140 Å². The van der Waals surface area contributed by atoms with Gasteiger partial charge in [0.05, 0.1) is 5.41 Å². The number of carbonyl (C=O) groups excluding carboxylic acids is 1. The van der Waals surface area contributed by atoms with Crippen molar-refractivity contribution < 1.29 is 9.53 Å². The molecule has 0 aliphatic carbocycles. The van der Waals surface area contributed by atoms with Crippen molar-refractivity contribution in [1.82, 2.24) is 10.6 Å². The van der Waals surface area contributed by atoms with Crippen molar-refractivity contribution in [2.24, 2.45) is 5.41 Å². The highest BCUT2D eigenvalue weighted by Gasteiger charge is 2.42. The van der Waals surface area contributed by atoms with E-state index in [1.54, 1.807) is 7.11 Å². The molecule has 1 aliphatic heterocycles. The van der Waals surface area contributed by atoms with E-state index in [4.69, 9.17) is 4.74 Å². The van der Waals surface area contributed by atoms with E-state index in [1.807, 2.05) is 18.2 Å². The molecule has 0 saturated carbocycles. The predicted octanol–water partition coefficient (Wildman–Crippen LogP) is 2.49. The smallest absolute Gasteiger partial charge is 0.227 e. The number of amides is 1. The summed E-state index contributed by atoms with van der Waals surface area (Å²) in [6.45, 7) is 8.71. The molecule has 2 rings (SSSR count). The van der Waals surface area contributed by atoms with E-state index < -0.39 is 0 Å². The summed E-state index contributed by atoms with van der Waals surface area (Å²) in [5.41, 5.74) is 0.783. The van der Waals surface area contributed by atoms with Gasteiger partial charge in [-0.05, 0) is 31.9 Å². The van der Waals surface area contributed by atoms with E-state index in [0.717, 1.165) is 25.9 Å². The molecule has 128 valence electrons. The Kier molecular flexibility index (Phi) is 5.82. The number of rotatable bonds is 7. The second-order valence-corrected chi connectivity index (χ2v) is 7.23. The second-order valence-electron chi connectivity index (χ2n) is 7.23. The van der Waals surface area contributed by atoms with Crippen LogP contribution in [0.15, 0.2) is 30.3 Å². The van der Waals surface area contributed by atoms with Crippen molar-refractivity contribution >= 4 is 5.91 Å². The SMILES string of the molecule is COCCC1(C(=O)NC(C)C(C)(C)c2ccccc2)CCNC1. The first-order valence-electron chi connectivity index (χ1n) is 8.48. The predicted molar refractivity (Wildman–Crippen MR) is 93.5 cm³/mol. The maximum atomic E-state index is 13.0. The van der Waals surface area contributed by atoms with Crippen molar-refractivity contribution in [3.63, 3.8) is 0 Å². The van der Waals surface area contributed by atoms with Gasteiger partial charge in [-0.15, -0.1) is 0 Å². The maximum Gasteiger partial charge on any atom is 0.227 e. The molecule has 0 aromatic heterocycles. The van der Waals surface area contributed by atoms with Gasteiger partial charge in [0.1, 0.15) is 0 Å². The number of carbonyl (C=O) groups is 1.